The third kappa shape index (κ3) is 8.57. The number of benzene rings is 1. The summed E-state index contributed by atoms with van der Waals surface area (Å²) in [4.78, 5) is 12.2. The average Bonchev–Trinajstić information content (AvgIpc) is 2.59. The summed E-state index contributed by atoms with van der Waals surface area (Å²) in [5, 5.41) is 6.20. The minimum absolute atomic E-state index is 0.0215. The van der Waals surface area contributed by atoms with Gasteiger partial charge in [-0.25, -0.2) is 0 Å². The predicted octanol–water partition coefficient (Wildman–Crippen LogP) is 4.88. The summed E-state index contributed by atoms with van der Waals surface area (Å²) >= 11 is 0. The molecule has 1 atom stereocenters. The highest BCUT2D eigenvalue weighted by Crippen LogP contribution is 2.11. The molecule has 3 nitrogen and oxygen atoms in total. The van der Waals surface area contributed by atoms with E-state index in [4.69, 9.17) is 0 Å². The first kappa shape index (κ1) is 21.0. The summed E-state index contributed by atoms with van der Waals surface area (Å²) < 4.78 is 0. The average molecular weight is 343 g/mol. The fraction of sp³-hybridized carbons (Fsp3) is 0.500. The van der Waals surface area contributed by atoms with E-state index in [2.05, 4.69) is 67.8 Å². The maximum absolute atomic E-state index is 12.2. The third-order valence-electron chi connectivity index (χ3n) is 4.20. The van der Waals surface area contributed by atoms with Crippen molar-refractivity contribution in [3.8, 4) is 0 Å². The Hall–Kier alpha value is -2.03. The molecule has 0 saturated carbocycles. The SMILES string of the molecule is CC/C=C(/C)CCc1ccc(CNC(=O)C(C)N/C(C)=C/CC)cc1. The van der Waals surface area contributed by atoms with Crippen LogP contribution in [0.5, 0.6) is 0 Å². The molecule has 0 spiro atoms. The number of hydrogen-bond acceptors (Lipinski definition) is 2. The second kappa shape index (κ2) is 11.5. The molecule has 0 aliphatic carbocycles. The van der Waals surface area contributed by atoms with Gasteiger partial charge in [-0.15, -0.1) is 0 Å². The van der Waals surface area contributed by atoms with Gasteiger partial charge in [-0.2, -0.15) is 0 Å². The highest BCUT2D eigenvalue weighted by molar-refractivity contribution is 5.81. The zero-order valence-corrected chi connectivity index (χ0v) is 16.5. The fourth-order valence-corrected chi connectivity index (χ4v) is 2.73. The third-order valence-corrected chi connectivity index (χ3v) is 4.20. The standard InChI is InChI=1S/C22H34N2O/c1-6-8-17(3)10-11-20-12-14-21(15-13-20)16-23-22(25)19(5)24-18(4)9-7-2/h8-9,12-15,19,24H,6-7,10-11,16H2,1-5H3,(H,23,25)/b17-8-,18-9+. The second-order valence-corrected chi connectivity index (χ2v) is 6.65. The summed E-state index contributed by atoms with van der Waals surface area (Å²) in [7, 11) is 0. The van der Waals surface area contributed by atoms with Gasteiger partial charge in [-0.1, -0.05) is 55.8 Å². The number of carbonyl (C=O) groups is 1. The Labute approximate surface area is 153 Å². The molecule has 0 bridgehead atoms. The van der Waals surface area contributed by atoms with Gasteiger partial charge in [0, 0.05) is 12.2 Å². The van der Waals surface area contributed by atoms with Crippen LogP contribution in [0.4, 0.5) is 0 Å². The summed E-state index contributed by atoms with van der Waals surface area (Å²) in [6.45, 7) is 10.9. The molecular weight excluding hydrogens is 308 g/mol. The van der Waals surface area contributed by atoms with E-state index in [-0.39, 0.29) is 11.9 Å². The van der Waals surface area contributed by atoms with Crippen LogP contribution >= 0.6 is 0 Å². The lowest BCUT2D eigenvalue weighted by Gasteiger charge is -2.15. The minimum Gasteiger partial charge on any atom is -0.378 e. The molecule has 3 heteroatoms. The van der Waals surface area contributed by atoms with Crippen molar-refractivity contribution in [3.63, 3.8) is 0 Å². The Bertz CT molecular complexity index is 585. The van der Waals surface area contributed by atoms with Gasteiger partial charge in [0.2, 0.25) is 5.91 Å². The molecule has 1 aromatic carbocycles. The first-order valence-electron chi connectivity index (χ1n) is 9.40. The van der Waals surface area contributed by atoms with E-state index in [0.29, 0.717) is 6.54 Å². The summed E-state index contributed by atoms with van der Waals surface area (Å²) in [5.74, 6) is 0.0215. The largest absolute Gasteiger partial charge is 0.378 e. The van der Waals surface area contributed by atoms with Gasteiger partial charge < -0.3 is 10.6 Å². The summed E-state index contributed by atoms with van der Waals surface area (Å²) in [6.07, 6.45) is 8.62. The van der Waals surface area contributed by atoms with Crippen molar-refractivity contribution in [2.45, 2.75) is 72.9 Å². The van der Waals surface area contributed by atoms with Crippen LogP contribution in [-0.2, 0) is 17.8 Å². The molecule has 0 heterocycles. The van der Waals surface area contributed by atoms with E-state index in [0.717, 1.165) is 36.9 Å². The quantitative estimate of drug-likeness (QED) is 0.595. The fourth-order valence-electron chi connectivity index (χ4n) is 2.73. The number of hydrogen-bond donors (Lipinski definition) is 2. The maximum atomic E-state index is 12.2. The lowest BCUT2D eigenvalue weighted by atomic mass is 10.0. The molecule has 0 aliphatic rings. The van der Waals surface area contributed by atoms with Crippen LogP contribution in [0.2, 0.25) is 0 Å². The normalized spacial score (nSPS) is 13.5. The molecule has 0 fully saturated rings. The zero-order chi connectivity index (χ0) is 18.7. The highest BCUT2D eigenvalue weighted by atomic mass is 16.2. The van der Waals surface area contributed by atoms with E-state index >= 15 is 0 Å². The topological polar surface area (TPSA) is 41.1 Å². The molecule has 2 N–H and O–H groups in total. The number of rotatable bonds is 10. The van der Waals surface area contributed by atoms with E-state index in [9.17, 15) is 4.79 Å². The van der Waals surface area contributed by atoms with Crippen LogP contribution in [0.15, 0.2) is 47.7 Å². The van der Waals surface area contributed by atoms with Gasteiger partial charge in [-0.05, 0) is 57.6 Å². The van der Waals surface area contributed by atoms with Crippen molar-refractivity contribution in [2.75, 3.05) is 0 Å². The van der Waals surface area contributed by atoms with Crippen LogP contribution in [-0.4, -0.2) is 11.9 Å². The summed E-state index contributed by atoms with van der Waals surface area (Å²) in [5.41, 5.74) is 4.97. The van der Waals surface area contributed by atoms with Gasteiger partial charge in [0.1, 0.15) is 6.04 Å². The van der Waals surface area contributed by atoms with Gasteiger partial charge in [-0.3, -0.25) is 4.79 Å². The Kier molecular flexibility index (Phi) is 9.68. The lowest BCUT2D eigenvalue weighted by molar-refractivity contribution is -0.122. The number of allylic oxidation sites excluding steroid dienone is 4. The molecule has 138 valence electrons. The van der Waals surface area contributed by atoms with Crippen molar-refractivity contribution < 1.29 is 4.79 Å². The number of carbonyl (C=O) groups excluding carboxylic acids is 1. The molecule has 1 aromatic rings. The molecule has 1 unspecified atom stereocenters. The van der Waals surface area contributed by atoms with Crippen LogP contribution < -0.4 is 10.6 Å². The van der Waals surface area contributed by atoms with Crippen molar-refractivity contribution in [2.24, 2.45) is 0 Å². The molecular formula is C22H34N2O. The lowest BCUT2D eigenvalue weighted by Crippen LogP contribution is -2.41. The van der Waals surface area contributed by atoms with Gasteiger partial charge in [0.05, 0.1) is 0 Å². The Balaban J connectivity index is 2.43. The van der Waals surface area contributed by atoms with Crippen LogP contribution in [0.1, 0.15) is 65.0 Å². The van der Waals surface area contributed by atoms with E-state index in [1.165, 1.54) is 11.1 Å². The predicted molar refractivity (Wildman–Crippen MR) is 107 cm³/mol. The van der Waals surface area contributed by atoms with Gasteiger partial charge in [0.15, 0.2) is 0 Å². The monoisotopic (exact) mass is 342 g/mol. The number of aryl methyl sites for hydroxylation is 1. The maximum Gasteiger partial charge on any atom is 0.242 e. The van der Waals surface area contributed by atoms with Crippen LogP contribution in [0.25, 0.3) is 0 Å². The number of nitrogens with one attached hydrogen (secondary N) is 2. The van der Waals surface area contributed by atoms with Gasteiger partial charge in [0.25, 0.3) is 0 Å². The Morgan fingerprint density at radius 3 is 2.24 bits per heavy atom. The Morgan fingerprint density at radius 2 is 1.64 bits per heavy atom. The van der Waals surface area contributed by atoms with E-state index < -0.39 is 0 Å². The molecule has 0 radical (unpaired) electrons. The first-order valence-corrected chi connectivity index (χ1v) is 9.40. The van der Waals surface area contributed by atoms with Crippen molar-refractivity contribution >= 4 is 5.91 Å². The first-order chi connectivity index (χ1) is 12.0. The van der Waals surface area contributed by atoms with Crippen molar-refractivity contribution in [3.05, 3.63) is 58.8 Å². The van der Waals surface area contributed by atoms with E-state index in [1.54, 1.807) is 0 Å². The number of amides is 1. The molecule has 0 saturated heterocycles. The Morgan fingerprint density at radius 1 is 1.04 bits per heavy atom. The van der Waals surface area contributed by atoms with Crippen LogP contribution in [0.3, 0.4) is 0 Å². The van der Waals surface area contributed by atoms with Crippen LogP contribution in [0, 0.1) is 0 Å². The van der Waals surface area contributed by atoms with Crippen molar-refractivity contribution in [1.29, 1.82) is 0 Å². The molecule has 0 aliphatic heterocycles. The molecule has 25 heavy (non-hydrogen) atoms. The minimum atomic E-state index is -0.226. The van der Waals surface area contributed by atoms with Gasteiger partial charge >= 0.3 is 0 Å². The smallest absolute Gasteiger partial charge is 0.242 e. The van der Waals surface area contributed by atoms with E-state index in [1.807, 2.05) is 13.8 Å². The molecule has 0 aromatic heterocycles. The zero-order valence-electron chi connectivity index (χ0n) is 16.5. The highest BCUT2D eigenvalue weighted by Gasteiger charge is 2.11. The molecule has 1 rings (SSSR count). The van der Waals surface area contributed by atoms with Crippen molar-refractivity contribution in [1.82, 2.24) is 10.6 Å². The molecule has 1 amide bonds. The second-order valence-electron chi connectivity index (χ2n) is 6.65. The summed E-state index contributed by atoms with van der Waals surface area (Å²) in [6, 6.07) is 8.31.